The largest absolute Gasteiger partial charge is 0.497 e. The molecule has 0 radical (unpaired) electrons. The van der Waals surface area contributed by atoms with Crippen LogP contribution in [0, 0.1) is 5.82 Å². The molecule has 5 nitrogen and oxygen atoms in total. The van der Waals surface area contributed by atoms with E-state index in [-0.39, 0.29) is 18.1 Å². The molecule has 0 bridgehead atoms. The highest BCUT2D eigenvalue weighted by atomic mass is 19.1. The summed E-state index contributed by atoms with van der Waals surface area (Å²) >= 11 is 0. The minimum Gasteiger partial charge on any atom is -0.497 e. The van der Waals surface area contributed by atoms with Crippen LogP contribution in [0.2, 0.25) is 0 Å². The van der Waals surface area contributed by atoms with Crippen molar-refractivity contribution in [3.63, 3.8) is 0 Å². The quantitative estimate of drug-likeness (QED) is 0.633. The third-order valence-corrected chi connectivity index (χ3v) is 5.30. The number of hydrogen-bond acceptors (Lipinski definition) is 4. The number of para-hydroxylation sites is 1. The zero-order chi connectivity index (χ0) is 21.3. The minimum atomic E-state index is -1.98. The van der Waals surface area contributed by atoms with Crippen LogP contribution in [0.5, 0.6) is 5.75 Å². The van der Waals surface area contributed by atoms with Crippen molar-refractivity contribution >= 4 is 17.4 Å². The summed E-state index contributed by atoms with van der Waals surface area (Å²) in [6, 6.07) is 19.3. The fourth-order valence-electron chi connectivity index (χ4n) is 3.74. The Kier molecular flexibility index (Phi) is 5.10. The molecule has 4 rings (SSSR count). The summed E-state index contributed by atoms with van der Waals surface area (Å²) < 4.78 is 18.4. The van der Waals surface area contributed by atoms with E-state index in [0.717, 1.165) is 0 Å². The molecule has 0 spiro atoms. The van der Waals surface area contributed by atoms with E-state index in [9.17, 15) is 19.1 Å². The van der Waals surface area contributed by atoms with E-state index >= 15 is 0 Å². The van der Waals surface area contributed by atoms with Crippen LogP contribution in [0.15, 0.2) is 72.8 Å². The molecule has 3 aromatic carbocycles. The SMILES string of the molecule is COc1cccc(C(=O)CC2(O)C(=O)N(Cc3ccc(F)cc3)c3ccccc32)c1. The van der Waals surface area contributed by atoms with Gasteiger partial charge in [0.05, 0.1) is 25.8 Å². The number of nitrogens with zero attached hydrogens (tertiary/aromatic N) is 1. The van der Waals surface area contributed by atoms with Gasteiger partial charge >= 0.3 is 0 Å². The van der Waals surface area contributed by atoms with Gasteiger partial charge in [0.1, 0.15) is 11.6 Å². The zero-order valence-electron chi connectivity index (χ0n) is 16.3. The fourth-order valence-corrected chi connectivity index (χ4v) is 3.74. The van der Waals surface area contributed by atoms with Crippen LogP contribution in [0.25, 0.3) is 0 Å². The Morgan fingerprint density at radius 3 is 2.53 bits per heavy atom. The topological polar surface area (TPSA) is 66.8 Å². The van der Waals surface area contributed by atoms with Gasteiger partial charge < -0.3 is 14.7 Å². The number of Topliss-reactive ketones (excluding diaryl/α,β-unsaturated/α-hetero) is 1. The second-order valence-corrected chi connectivity index (χ2v) is 7.23. The number of carbonyl (C=O) groups excluding carboxylic acids is 2. The molecule has 1 aliphatic rings. The normalized spacial score (nSPS) is 17.7. The first-order valence-electron chi connectivity index (χ1n) is 9.48. The van der Waals surface area contributed by atoms with Crippen LogP contribution in [0.3, 0.4) is 0 Å². The lowest BCUT2D eigenvalue weighted by Crippen LogP contribution is -2.41. The Hall–Kier alpha value is -3.51. The summed E-state index contributed by atoms with van der Waals surface area (Å²) in [6.07, 6.45) is -0.393. The number of halogens is 1. The molecule has 1 unspecified atom stereocenters. The van der Waals surface area contributed by atoms with E-state index in [1.165, 1.54) is 24.1 Å². The number of ketones is 1. The van der Waals surface area contributed by atoms with E-state index in [1.54, 1.807) is 60.7 Å². The van der Waals surface area contributed by atoms with Gasteiger partial charge in [-0.15, -0.1) is 0 Å². The summed E-state index contributed by atoms with van der Waals surface area (Å²) in [6.45, 7) is 0.159. The lowest BCUT2D eigenvalue weighted by molar-refractivity contribution is -0.136. The van der Waals surface area contributed by atoms with Crippen molar-refractivity contribution in [2.75, 3.05) is 12.0 Å². The molecule has 0 aliphatic carbocycles. The van der Waals surface area contributed by atoms with Crippen molar-refractivity contribution in [2.45, 2.75) is 18.6 Å². The van der Waals surface area contributed by atoms with Crippen molar-refractivity contribution in [3.8, 4) is 5.75 Å². The molecule has 1 atom stereocenters. The maximum atomic E-state index is 13.3. The van der Waals surface area contributed by atoms with Gasteiger partial charge in [-0.25, -0.2) is 4.39 Å². The predicted octanol–water partition coefficient (Wildman–Crippen LogP) is 3.84. The number of hydrogen-bond donors (Lipinski definition) is 1. The number of benzene rings is 3. The number of aliphatic hydroxyl groups is 1. The van der Waals surface area contributed by atoms with E-state index < -0.39 is 17.9 Å². The standard InChI is InChI=1S/C24H20FNO4/c1-30-19-6-4-5-17(13-19)22(27)14-24(29)20-7-2-3-8-21(20)26(23(24)28)15-16-9-11-18(25)12-10-16/h2-13,29H,14-15H2,1H3. The highest BCUT2D eigenvalue weighted by molar-refractivity contribution is 6.10. The van der Waals surface area contributed by atoms with Gasteiger partial charge in [-0.1, -0.05) is 42.5 Å². The molecule has 0 saturated heterocycles. The molecular weight excluding hydrogens is 385 g/mol. The Labute approximate surface area is 173 Å². The lowest BCUT2D eigenvalue weighted by atomic mass is 9.88. The second kappa shape index (κ2) is 7.72. The molecule has 6 heteroatoms. The summed E-state index contributed by atoms with van der Waals surface area (Å²) in [5.41, 5.74) is 0.00523. The smallest absolute Gasteiger partial charge is 0.264 e. The van der Waals surface area contributed by atoms with Crippen LogP contribution in [0.4, 0.5) is 10.1 Å². The molecule has 1 N–H and O–H groups in total. The van der Waals surface area contributed by atoms with Gasteiger partial charge in [-0.2, -0.15) is 0 Å². The predicted molar refractivity (Wildman–Crippen MR) is 110 cm³/mol. The Morgan fingerprint density at radius 1 is 1.07 bits per heavy atom. The summed E-state index contributed by atoms with van der Waals surface area (Å²) in [5, 5.41) is 11.4. The molecule has 0 fully saturated rings. The maximum Gasteiger partial charge on any atom is 0.264 e. The molecule has 1 amide bonds. The molecule has 3 aromatic rings. The molecule has 1 aliphatic heterocycles. The van der Waals surface area contributed by atoms with Crippen LogP contribution in [0.1, 0.15) is 27.9 Å². The zero-order valence-corrected chi connectivity index (χ0v) is 16.3. The van der Waals surface area contributed by atoms with Crippen molar-refractivity contribution in [1.82, 2.24) is 0 Å². The number of rotatable bonds is 6. The molecule has 152 valence electrons. The number of amides is 1. The molecule has 1 heterocycles. The van der Waals surface area contributed by atoms with Crippen LogP contribution in [-0.4, -0.2) is 23.9 Å². The first-order valence-corrected chi connectivity index (χ1v) is 9.48. The third kappa shape index (κ3) is 3.46. The highest BCUT2D eigenvalue weighted by Gasteiger charge is 2.50. The maximum absolute atomic E-state index is 13.3. The summed E-state index contributed by atoms with van der Waals surface area (Å²) in [5.74, 6) is -0.802. The first kappa shape index (κ1) is 19.8. The summed E-state index contributed by atoms with van der Waals surface area (Å²) in [4.78, 5) is 27.6. The van der Waals surface area contributed by atoms with Crippen LogP contribution < -0.4 is 9.64 Å². The third-order valence-electron chi connectivity index (χ3n) is 5.30. The fraction of sp³-hybridized carbons (Fsp3) is 0.167. The van der Waals surface area contributed by atoms with Crippen LogP contribution in [-0.2, 0) is 16.9 Å². The average Bonchev–Trinajstić information content (AvgIpc) is 2.97. The van der Waals surface area contributed by atoms with E-state index in [0.29, 0.717) is 28.1 Å². The van der Waals surface area contributed by atoms with Gasteiger partial charge in [0.15, 0.2) is 11.4 Å². The van der Waals surface area contributed by atoms with Gasteiger partial charge in [0, 0.05) is 11.1 Å². The van der Waals surface area contributed by atoms with Crippen LogP contribution >= 0.6 is 0 Å². The van der Waals surface area contributed by atoms with Gasteiger partial charge in [-0.3, -0.25) is 9.59 Å². The Bertz CT molecular complexity index is 1110. The molecule has 0 saturated carbocycles. The monoisotopic (exact) mass is 405 g/mol. The molecule has 0 aromatic heterocycles. The van der Waals surface area contributed by atoms with Crippen molar-refractivity contribution in [3.05, 3.63) is 95.3 Å². The minimum absolute atomic E-state index is 0.159. The van der Waals surface area contributed by atoms with E-state index in [4.69, 9.17) is 4.74 Å². The van der Waals surface area contributed by atoms with Crippen molar-refractivity contribution < 1.29 is 23.8 Å². The number of methoxy groups -OCH3 is 1. The highest BCUT2D eigenvalue weighted by Crippen LogP contribution is 2.43. The van der Waals surface area contributed by atoms with E-state index in [2.05, 4.69) is 0 Å². The molecular formula is C24H20FNO4. The van der Waals surface area contributed by atoms with Crippen molar-refractivity contribution in [2.24, 2.45) is 0 Å². The van der Waals surface area contributed by atoms with E-state index in [1.807, 2.05) is 0 Å². The average molecular weight is 405 g/mol. The van der Waals surface area contributed by atoms with Crippen molar-refractivity contribution in [1.29, 1.82) is 0 Å². The number of ether oxygens (including phenoxy) is 1. The second-order valence-electron chi connectivity index (χ2n) is 7.23. The Balaban J connectivity index is 1.66. The van der Waals surface area contributed by atoms with Gasteiger partial charge in [-0.05, 0) is 35.9 Å². The first-order chi connectivity index (χ1) is 14.4. The summed E-state index contributed by atoms with van der Waals surface area (Å²) in [7, 11) is 1.50. The van der Waals surface area contributed by atoms with Gasteiger partial charge in [0.2, 0.25) is 0 Å². The number of carbonyl (C=O) groups is 2. The molecule has 30 heavy (non-hydrogen) atoms. The lowest BCUT2D eigenvalue weighted by Gasteiger charge is -2.23. The number of fused-ring (bicyclic) bond motifs is 1. The Morgan fingerprint density at radius 2 is 1.80 bits per heavy atom. The van der Waals surface area contributed by atoms with Gasteiger partial charge in [0.25, 0.3) is 5.91 Å². The number of anilines is 1.